The summed E-state index contributed by atoms with van der Waals surface area (Å²) in [4.78, 5) is 17.0. The van der Waals surface area contributed by atoms with Gasteiger partial charge >= 0.3 is 5.69 Å². The minimum atomic E-state index is -3.11. The SMILES string of the molecule is O=[N+]([O-])c1c(C(F)F)nn(-c2ccncn2)c1Cl. The molecule has 0 saturated heterocycles. The first kappa shape index (κ1) is 12.3. The Bertz CT molecular complexity index is 589. The van der Waals surface area contributed by atoms with Crippen LogP contribution in [0.1, 0.15) is 12.1 Å². The molecule has 0 fully saturated rings. The summed E-state index contributed by atoms with van der Waals surface area (Å²) in [6.45, 7) is 0. The molecule has 94 valence electrons. The second kappa shape index (κ2) is 4.61. The number of aromatic nitrogens is 4. The first-order valence-corrected chi connectivity index (χ1v) is 4.87. The van der Waals surface area contributed by atoms with Crippen molar-refractivity contribution in [1.82, 2.24) is 19.7 Å². The van der Waals surface area contributed by atoms with E-state index in [-0.39, 0.29) is 5.82 Å². The van der Waals surface area contributed by atoms with Crippen molar-refractivity contribution in [1.29, 1.82) is 0 Å². The van der Waals surface area contributed by atoms with Gasteiger partial charge in [0.05, 0.1) is 4.92 Å². The summed E-state index contributed by atoms with van der Waals surface area (Å²) >= 11 is 5.67. The maximum atomic E-state index is 12.6. The van der Waals surface area contributed by atoms with Gasteiger partial charge in [-0.25, -0.2) is 18.7 Å². The summed E-state index contributed by atoms with van der Waals surface area (Å²) < 4.78 is 26.0. The van der Waals surface area contributed by atoms with Crippen LogP contribution < -0.4 is 0 Å². The maximum Gasteiger partial charge on any atom is 0.335 e. The Morgan fingerprint density at radius 1 is 1.50 bits per heavy atom. The van der Waals surface area contributed by atoms with E-state index in [0.29, 0.717) is 0 Å². The minimum Gasteiger partial charge on any atom is -0.258 e. The van der Waals surface area contributed by atoms with Crippen LogP contribution in [-0.2, 0) is 0 Å². The van der Waals surface area contributed by atoms with E-state index in [1.807, 2.05) is 0 Å². The van der Waals surface area contributed by atoms with Gasteiger partial charge in [-0.2, -0.15) is 9.78 Å². The van der Waals surface area contributed by atoms with Gasteiger partial charge in [-0.3, -0.25) is 10.1 Å². The Morgan fingerprint density at radius 2 is 2.22 bits per heavy atom. The van der Waals surface area contributed by atoms with E-state index < -0.39 is 27.9 Å². The highest BCUT2D eigenvalue weighted by molar-refractivity contribution is 6.32. The van der Waals surface area contributed by atoms with Crippen LogP contribution in [0.25, 0.3) is 5.82 Å². The molecule has 2 rings (SSSR count). The molecule has 0 aliphatic rings. The maximum absolute atomic E-state index is 12.6. The van der Waals surface area contributed by atoms with E-state index in [0.717, 1.165) is 11.0 Å². The molecule has 2 aromatic rings. The van der Waals surface area contributed by atoms with Crippen molar-refractivity contribution in [3.05, 3.63) is 39.6 Å². The molecule has 0 amide bonds. The van der Waals surface area contributed by atoms with E-state index in [2.05, 4.69) is 15.1 Å². The lowest BCUT2D eigenvalue weighted by atomic mass is 10.4. The van der Waals surface area contributed by atoms with Crippen LogP contribution in [-0.4, -0.2) is 24.7 Å². The average molecular weight is 276 g/mol. The van der Waals surface area contributed by atoms with Gasteiger partial charge in [0.2, 0.25) is 10.8 Å². The second-order valence-electron chi connectivity index (χ2n) is 3.06. The fraction of sp³-hybridized carbons (Fsp3) is 0.125. The van der Waals surface area contributed by atoms with Crippen molar-refractivity contribution in [3.63, 3.8) is 0 Å². The molecule has 2 heterocycles. The molecule has 10 heteroatoms. The third kappa shape index (κ3) is 1.99. The van der Waals surface area contributed by atoms with Gasteiger partial charge in [-0.05, 0) is 0 Å². The van der Waals surface area contributed by atoms with E-state index in [9.17, 15) is 18.9 Å². The van der Waals surface area contributed by atoms with Gasteiger partial charge in [0.1, 0.15) is 6.33 Å². The van der Waals surface area contributed by atoms with Gasteiger partial charge in [0.25, 0.3) is 6.43 Å². The fourth-order valence-electron chi connectivity index (χ4n) is 1.28. The van der Waals surface area contributed by atoms with Crippen LogP contribution in [0.15, 0.2) is 18.6 Å². The summed E-state index contributed by atoms with van der Waals surface area (Å²) in [6.07, 6.45) is -0.638. The van der Waals surface area contributed by atoms with Crippen LogP contribution in [0.3, 0.4) is 0 Å². The van der Waals surface area contributed by atoms with Crippen LogP contribution in [0.4, 0.5) is 14.5 Å². The smallest absolute Gasteiger partial charge is 0.258 e. The summed E-state index contributed by atoms with van der Waals surface area (Å²) in [6, 6.07) is 1.33. The molecule has 0 aromatic carbocycles. The number of halogens is 3. The third-order valence-electron chi connectivity index (χ3n) is 2.00. The number of nitro groups is 1. The highest BCUT2D eigenvalue weighted by Crippen LogP contribution is 2.35. The van der Waals surface area contributed by atoms with Crippen molar-refractivity contribution < 1.29 is 13.7 Å². The standard InChI is InChI=1S/C8H4ClF2N5O2/c9-7-6(16(17)18)5(8(10)11)14-15(7)4-1-2-12-3-13-4/h1-3,8H. The van der Waals surface area contributed by atoms with E-state index in [1.54, 1.807) is 0 Å². The number of alkyl halides is 2. The average Bonchev–Trinajstić information content (AvgIpc) is 2.68. The van der Waals surface area contributed by atoms with Gasteiger partial charge in [-0.15, -0.1) is 0 Å². The second-order valence-corrected chi connectivity index (χ2v) is 3.42. The number of hydrogen-bond acceptors (Lipinski definition) is 5. The summed E-state index contributed by atoms with van der Waals surface area (Å²) in [5.74, 6) is 0.0602. The molecule has 7 nitrogen and oxygen atoms in total. The third-order valence-corrected chi connectivity index (χ3v) is 2.34. The van der Waals surface area contributed by atoms with Crippen LogP contribution >= 0.6 is 11.6 Å². The molecule has 2 aromatic heterocycles. The number of rotatable bonds is 3. The number of hydrogen-bond donors (Lipinski definition) is 0. The van der Waals surface area contributed by atoms with Gasteiger partial charge in [0.15, 0.2) is 5.82 Å². The quantitative estimate of drug-likeness (QED) is 0.633. The van der Waals surface area contributed by atoms with E-state index >= 15 is 0 Å². The molecule has 0 atom stereocenters. The molecule has 0 N–H and O–H groups in total. The molecule has 0 saturated carbocycles. The van der Waals surface area contributed by atoms with Crippen molar-refractivity contribution in [2.24, 2.45) is 0 Å². The van der Waals surface area contributed by atoms with Crippen LogP contribution in [0.5, 0.6) is 0 Å². The first-order valence-electron chi connectivity index (χ1n) is 4.49. The molecule has 0 spiro atoms. The molecule has 0 aliphatic carbocycles. The van der Waals surface area contributed by atoms with Crippen molar-refractivity contribution >= 4 is 17.3 Å². The molecule has 0 unspecified atom stereocenters. The van der Waals surface area contributed by atoms with Crippen molar-refractivity contribution in [3.8, 4) is 5.82 Å². The lowest BCUT2D eigenvalue weighted by Crippen LogP contribution is -2.00. The Labute approximate surface area is 103 Å². The monoisotopic (exact) mass is 275 g/mol. The lowest BCUT2D eigenvalue weighted by Gasteiger charge is -1.98. The molecule has 18 heavy (non-hydrogen) atoms. The lowest BCUT2D eigenvalue weighted by molar-refractivity contribution is -0.386. The summed E-state index contributed by atoms with van der Waals surface area (Å²) in [5.41, 5.74) is -1.92. The van der Waals surface area contributed by atoms with Crippen LogP contribution in [0, 0.1) is 10.1 Å². The summed E-state index contributed by atoms with van der Waals surface area (Å²) in [5, 5.41) is 13.6. The summed E-state index contributed by atoms with van der Waals surface area (Å²) in [7, 11) is 0. The van der Waals surface area contributed by atoms with E-state index in [1.165, 1.54) is 12.3 Å². The Balaban J connectivity index is 2.64. The molecular weight excluding hydrogens is 272 g/mol. The zero-order valence-electron chi connectivity index (χ0n) is 8.50. The zero-order valence-corrected chi connectivity index (χ0v) is 9.25. The first-order chi connectivity index (χ1) is 8.52. The van der Waals surface area contributed by atoms with Gasteiger partial charge in [-0.1, -0.05) is 11.6 Å². The Hall–Kier alpha value is -2.16. The highest BCUT2D eigenvalue weighted by atomic mass is 35.5. The Kier molecular flexibility index (Phi) is 3.15. The van der Waals surface area contributed by atoms with Gasteiger partial charge in [0, 0.05) is 12.3 Å². The number of nitrogens with zero attached hydrogens (tertiary/aromatic N) is 5. The molecular formula is C8H4ClF2N5O2. The largest absolute Gasteiger partial charge is 0.335 e. The van der Waals surface area contributed by atoms with Crippen molar-refractivity contribution in [2.45, 2.75) is 6.43 Å². The Morgan fingerprint density at radius 3 is 2.67 bits per heavy atom. The van der Waals surface area contributed by atoms with E-state index in [4.69, 9.17) is 11.6 Å². The van der Waals surface area contributed by atoms with Gasteiger partial charge < -0.3 is 0 Å². The topological polar surface area (TPSA) is 86.7 Å². The predicted octanol–water partition coefficient (Wildman–Crippen LogP) is 2.16. The fourth-order valence-corrected chi connectivity index (χ4v) is 1.57. The molecule has 0 aliphatic heterocycles. The minimum absolute atomic E-state index is 0.0602. The molecule has 0 bridgehead atoms. The zero-order chi connectivity index (χ0) is 13.3. The van der Waals surface area contributed by atoms with Crippen LogP contribution in [0.2, 0.25) is 5.15 Å². The normalized spacial score (nSPS) is 10.9. The predicted molar refractivity (Wildman–Crippen MR) is 55.8 cm³/mol. The molecule has 0 radical (unpaired) electrons. The van der Waals surface area contributed by atoms with Crippen molar-refractivity contribution in [2.75, 3.05) is 0 Å². The highest BCUT2D eigenvalue weighted by Gasteiger charge is 2.32.